The third kappa shape index (κ3) is 3.90. The molecular weight excluding hydrogens is 320 g/mol. The summed E-state index contributed by atoms with van der Waals surface area (Å²) in [5, 5.41) is 14.0. The number of benzene rings is 1. The SMILES string of the molecule is CSCC(C)(O)CNC(=O)c1cc(C2CC2)nc2ccc(C)cc12. The highest BCUT2D eigenvalue weighted by Crippen LogP contribution is 2.40. The van der Waals surface area contributed by atoms with Gasteiger partial charge in [-0.2, -0.15) is 11.8 Å². The number of hydrogen-bond donors (Lipinski definition) is 2. The lowest BCUT2D eigenvalue weighted by Crippen LogP contribution is -2.42. The van der Waals surface area contributed by atoms with Gasteiger partial charge in [0.2, 0.25) is 0 Å². The van der Waals surface area contributed by atoms with E-state index in [9.17, 15) is 9.90 Å². The fraction of sp³-hybridized carbons (Fsp3) is 0.474. The van der Waals surface area contributed by atoms with Crippen molar-refractivity contribution in [2.75, 3.05) is 18.6 Å². The van der Waals surface area contributed by atoms with Crippen LogP contribution in [0.5, 0.6) is 0 Å². The van der Waals surface area contributed by atoms with Gasteiger partial charge in [-0.1, -0.05) is 11.6 Å². The van der Waals surface area contributed by atoms with Crippen molar-refractivity contribution < 1.29 is 9.90 Å². The Bertz CT molecular complexity index is 769. The number of amides is 1. The highest BCUT2D eigenvalue weighted by molar-refractivity contribution is 7.98. The van der Waals surface area contributed by atoms with Gasteiger partial charge in [0.25, 0.3) is 5.91 Å². The van der Waals surface area contributed by atoms with Crippen LogP contribution < -0.4 is 5.32 Å². The molecule has 2 aromatic rings. The molecule has 0 spiro atoms. The van der Waals surface area contributed by atoms with Gasteiger partial charge in [-0.05, 0) is 51.1 Å². The lowest BCUT2D eigenvalue weighted by atomic mass is 10.0. The summed E-state index contributed by atoms with van der Waals surface area (Å²) < 4.78 is 0. The number of nitrogens with one attached hydrogen (secondary N) is 1. The van der Waals surface area contributed by atoms with E-state index >= 15 is 0 Å². The molecule has 1 atom stereocenters. The molecule has 1 aromatic heterocycles. The number of thioether (sulfide) groups is 1. The van der Waals surface area contributed by atoms with Gasteiger partial charge in [-0.15, -0.1) is 0 Å². The van der Waals surface area contributed by atoms with Crippen LogP contribution in [0, 0.1) is 6.92 Å². The molecule has 5 heteroatoms. The Labute approximate surface area is 147 Å². The van der Waals surface area contributed by atoms with Crippen LogP contribution in [0.15, 0.2) is 24.3 Å². The monoisotopic (exact) mass is 344 g/mol. The van der Waals surface area contributed by atoms with Crippen LogP contribution in [0.3, 0.4) is 0 Å². The quantitative estimate of drug-likeness (QED) is 0.844. The summed E-state index contributed by atoms with van der Waals surface area (Å²) in [7, 11) is 0. The molecule has 0 saturated heterocycles. The molecule has 0 aliphatic heterocycles. The van der Waals surface area contributed by atoms with Gasteiger partial charge in [-0.3, -0.25) is 9.78 Å². The number of aliphatic hydroxyl groups is 1. The maximum atomic E-state index is 12.8. The number of aryl methyl sites for hydroxylation is 1. The van der Waals surface area contributed by atoms with Crippen molar-refractivity contribution in [3.05, 3.63) is 41.1 Å². The highest BCUT2D eigenvalue weighted by atomic mass is 32.2. The van der Waals surface area contributed by atoms with E-state index in [0.717, 1.165) is 35.0 Å². The van der Waals surface area contributed by atoms with Crippen LogP contribution in [0.4, 0.5) is 0 Å². The summed E-state index contributed by atoms with van der Waals surface area (Å²) in [6, 6.07) is 7.94. The number of aromatic nitrogens is 1. The molecule has 1 aromatic carbocycles. The Morgan fingerprint density at radius 2 is 2.17 bits per heavy atom. The van der Waals surface area contributed by atoms with Crippen LogP contribution in [-0.2, 0) is 0 Å². The van der Waals surface area contributed by atoms with Crippen LogP contribution >= 0.6 is 11.8 Å². The standard InChI is InChI=1S/C19H24N2O2S/c1-12-4-7-16-14(8-12)15(9-17(21-16)13-5-6-13)18(22)20-10-19(2,23)11-24-3/h4,7-9,13,23H,5-6,10-11H2,1-3H3,(H,20,22). The molecule has 3 rings (SSSR count). The van der Waals surface area contributed by atoms with Gasteiger partial charge in [0.15, 0.2) is 0 Å². The minimum Gasteiger partial charge on any atom is -0.387 e. The number of nitrogens with zero attached hydrogens (tertiary/aromatic N) is 1. The highest BCUT2D eigenvalue weighted by Gasteiger charge is 2.27. The summed E-state index contributed by atoms with van der Waals surface area (Å²) in [5.74, 6) is 0.926. The van der Waals surface area contributed by atoms with Gasteiger partial charge in [0.05, 0.1) is 16.7 Å². The number of carbonyl (C=O) groups excluding carboxylic acids is 1. The third-order valence-electron chi connectivity index (χ3n) is 4.31. The van der Waals surface area contributed by atoms with Crippen molar-refractivity contribution in [2.24, 2.45) is 0 Å². The summed E-state index contributed by atoms with van der Waals surface area (Å²) in [5.41, 5.74) is 2.73. The van der Waals surface area contributed by atoms with E-state index in [1.807, 2.05) is 37.4 Å². The second-order valence-electron chi connectivity index (χ2n) is 7.00. The van der Waals surface area contributed by atoms with Gasteiger partial charge in [0, 0.05) is 29.3 Å². The first kappa shape index (κ1) is 17.2. The lowest BCUT2D eigenvalue weighted by Gasteiger charge is -2.22. The molecule has 0 radical (unpaired) electrons. The smallest absolute Gasteiger partial charge is 0.252 e. The lowest BCUT2D eigenvalue weighted by molar-refractivity contribution is 0.0726. The predicted molar refractivity (Wildman–Crippen MR) is 99.8 cm³/mol. The molecule has 128 valence electrons. The van der Waals surface area contributed by atoms with Gasteiger partial charge in [-0.25, -0.2) is 0 Å². The van der Waals surface area contributed by atoms with Crippen LogP contribution in [-0.4, -0.2) is 40.2 Å². The number of rotatable bonds is 6. The van der Waals surface area contributed by atoms with E-state index in [2.05, 4.69) is 5.32 Å². The molecule has 1 fully saturated rings. The van der Waals surface area contributed by atoms with Crippen LogP contribution in [0.1, 0.15) is 47.3 Å². The molecule has 1 unspecified atom stereocenters. The molecule has 1 aliphatic rings. The molecule has 2 N–H and O–H groups in total. The van der Waals surface area contributed by atoms with Gasteiger partial charge >= 0.3 is 0 Å². The van der Waals surface area contributed by atoms with Crippen molar-refractivity contribution in [1.82, 2.24) is 10.3 Å². The molecule has 24 heavy (non-hydrogen) atoms. The largest absolute Gasteiger partial charge is 0.387 e. The molecule has 0 bridgehead atoms. The second kappa shape index (κ2) is 6.73. The van der Waals surface area contributed by atoms with E-state index in [4.69, 9.17) is 4.98 Å². The van der Waals surface area contributed by atoms with Crippen LogP contribution in [0.25, 0.3) is 10.9 Å². The zero-order valence-corrected chi connectivity index (χ0v) is 15.2. The zero-order chi connectivity index (χ0) is 17.3. The summed E-state index contributed by atoms with van der Waals surface area (Å²) >= 11 is 1.56. The average molecular weight is 344 g/mol. The van der Waals surface area contributed by atoms with Crippen LogP contribution in [0.2, 0.25) is 0 Å². The fourth-order valence-corrected chi connectivity index (χ4v) is 3.59. The average Bonchev–Trinajstić information content (AvgIpc) is 3.36. The van der Waals surface area contributed by atoms with E-state index in [1.54, 1.807) is 18.7 Å². The first-order valence-electron chi connectivity index (χ1n) is 8.30. The maximum Gasteiger partial charge on any atom is 0.252 e. The predicted octanol–water partition coefficient (Wildman–Crippen LogP) is 3.26. The Morgan fingerprint density at radius 1 is 1.42 bits per heavy atom. The summed E-state index contributed by atoms with van der Waals surface area (Å²) in [4.78, 5) is 17.5. The Kier molecular flexibility index (Phi) is 4.83. The Morgan fingerprint density at radius 3 is 2.83 bits per heavy atom. The third-order valence-corrected chi connectivity index (χ3v) is 5.22. The molecule has 4 nitrogen and oxygen atoms in total. The summed E-state index contributed by atoms with van der Waals surface area (Å²) in [6.45, 7) is 3.99. The zero-order valence-electron chi connectivity index (χ0n) is 14.4. The number of carbonyl (C=O) groups is 1. The van der Waals surface area contributed by atoms with Crippen molar-refractivity contribution in [1.29, 1.82) is 0 Å². The number of pyridine rings is 1. The molecule has 1 amide bonds. The molecule has 1 heterocycles. The topological polar surface area (TPSA) is 62.2 Å². The first-order chi connectivity index (χ1) is 11.4. The summed E-state index contributed by atoms with van der Waals surface area (Å²) in [6.07, 6.45) is 4.24. The minimum absolute atomic E-state index is 0.142. The van der Waals surface area contributed by atoms with E-state index < -0.39 is 5.60 Å². The normalized spacial score (nSPS) is 16.8. The van der Waals surface area contributed by atoms with Crippen molar-refractivity contribution in [3.63, 3.8) is 0 Å². The first-order valence-corrected chi connectivity index (χ1v) is 9.70. The van der Waals surface area contributed by atoms with Gasteiger partial charge < -0.3 is 10.4 Å². The van der Waals surface area contributed by atoms with E-state index in [1.165, 1.54) is 0 Å². The van der Waals surface area contributed by atoms with Crippen molar-refractivity contribution in [2.45, 2.75) is 38.2 Å². The number of hydrogen-bond acceptors (Lipinski definition) is 4. The Hall–Kier alpha value is -1.59. The molecular formula is C19H24N2O2S. The maximum absolute atomic E-state index is 12.8. The molecule has 1 aliphatic carbocycles. The van der Waals surface area contributed by atoms with Crippen molar-refractivity contribution in [3.8, 4) is 0 Å². The Balaban J connectivity index is 1.91. The second-order valence-corrected chi connectivity index (χ2v) is 7.87. The van der Waals surface area contributed by atoms with E-state index in [-0.39, 0.29) is 12.5 Å². The molecule has 1 saturated carbocycles. The fourth-order valence-electron chi connectivity index (χ4n) is 2.86. The minimum atomic E-state index is -0.910. The van der Waals surface area contributed by atoms with Gasteiger partial charge in [0.1, 0.15) is 0 Å². The number of fused-ring (bicyclic) bond motifs is 1. The van der Waals surface area contributed by atoms with E-state index in [0.29, 0.717) is 17.2 Å². The van der Waals surface area contributed by atoms with Crippen molar-refractivity contribution >= 4 is 28.6 Å².